The van der Waals surface area contributed by atoms with E-state index in [1.54, 1.807) is 0 Å². The van der Waals surface area contributed by atoms with Crippen LogP contribution in [0.25, 0.3) is 0 Å². The third kappa shape index (κ3) is 3.55. The number of hydrogen-bond acceptors (Lipinski definition) is 2. The lowest BCUT2D eigenvalue weighted by Crippen LogP contribution is -2.31. The fourth-order valence-corrected chi connectivity index (χ4v) is 1.16. The Hall–Kier alpha value is -0.0800. The molecule has 2 nitrogen and oxygen atoms in total. The van der Waals surface area contributed by atoms with Gasteiger partial charge in [-0.1, -0.05) is 34.6 Å². The topological polar surface area (TPSA) is 29.5 Å². The van der Waals surface area contributed by atoms with Crippen LogP contribution >= 0.6 is 0 Å². The average Bonchev–Trinajstić information content (AvgIpc) is 1.99. The molecule has 0 aliphatic heterocycles. The van der Waals surface area contributed by atoms with E-state index in [0.29, 0.717) is 5.92 Å². The molecular weight excluding hydrogens is 152 g/mol. The summed E-state index contributed by atoms with van der Waals surface area (Å²) in [5, 5.41) is 8.74. The predicted molar refractivity (Wildman–Crippen MR) is 51.0 cm³/mol. The third-order valence-electron chi connectivity index (χ3n) is 2.60. The summed E-state index contributed by atoms with van der Waals surface area (Å²) < 4.78 is 0. The Balaban J connectivity index is 4.13. The lowest BCUT2D eigenvalue weighted by atomic mass is 9.80. The van der Waals surface area contributed by atoms with Crippen molar-refractivity contribution in [3.8, 4) is 0 Å². The molecule has 0 amide bonds. The van der Waals surface area contributed by atoms with E-state index in [4.69, 9.17) is 5.26 Å². The van der Waals surface area contributed by atoms with Crippen LogP contribution in [0.4, 0.5) is 0 Å². The second kappa shape index (κ2) is 4.83. The highest BCUT2D eigenvalue weighted by Crippen LogP contribution is 2.30. The molecule has 74 valence electrons. The van der Waals surface area contributed by atoms with Crippen LogP contribution in [-0.2, 0) is 4.89 Å². The highest BCUT2D eigenvalue weighted by atomic mass is 17.1. The minimum atomic E-state index is -0.0394. The van der Waals surface area contributed by atoms with Gasteiger partial charge < -0.3 is 0 Å². The summed E-state index contributed by atoms with van der Waals surface area (Å²) in [5.74, 6) is 0.563. The van der Waals surface area contributed by atoms with Gasteiger partial charge in [-0.05, 0) is 24.2 Å². The van der Waals surface area contributed by atoms with E-state index in [2.05, 4.69) is 39.5 Å². The number of rotatable bonds is 5. The van der Waals surface area contributed by atoms with Crippen molar-refractivity contribution >= 4 is 0 Å². The maximum absolute atomic E-state index is 8.74. The van der Waals surface area contributed by atoms with E-state index in [-0.39, 0.29) is 11.5 Å². The van der Waals surface area contributed by atoms with Crippen molar-refractivity contribution < 1.29 is 10.1 Å². The maximum atomic E-state index is 8.74. The largest absolute Gasteiger partial charge is 0.252 e. The molecule has 1 unspecified atom stereocenters. The summed E-state index contributed by atoms with van der Waals surface area (Å²) >= 11 is 0. The fraction of sp³-hybridized carbons (Fsp3) is 1.00. The third-order valence-corrected chi connectivity index (χ3v) is 2.60. The molecule has 0 fully saturated rings. The van der Waals surface area contributed by atoms with Gasteiger partial charge in [0.25, 0.3) is 0 Å². The first-order valence-corrected chi connectivity index (χ1v) is 4.74. The van der Waals surface area contributed by atoms with Gasteiger partial charge >= 0.3 is 0 Å². The zero-order valence-electron chi connectivity index (χ0n) is 8.92. The Labute approximate surface area is 75.9 Å². The second-order valence-corrected chi connectivity index (χ2v) is 4.57. The van der Waals surface area contributed by atoms with Crippen molar-refractivity contribution in [3.63, 3.8) is 0 Å². The molecule has 1 N–H and O–H groups in total. The standard InChI is InChI=1S/C10H22O2/c1-6-10(4,5)9(12-11)7-8(2)3/h8-9,11H,6-7H2,1-5H3. The van der Waals surface area contributed by atoms with Crippen LogP contribution in [0.3, 0.4) is 0 Å². The lowest BCUT2D eigenvalue weighted by Gasteiger charge is -2.31. The molecule has 0 aromatic heterocycles. The van der Waals surface area contributed by atoms with E-state index in [1.165, 1.54) is 0 Å². The summed E-state index contributed by atoms with van der Waals surface area (Å²) in [6.45, 7) is 10.6. The van der Waals surface area contributed by atoms with Gasteiger partial charge in [0.15, 0.2) is 0 Å². The maximum Gasteiger partial charge on any atom is 0.0980 e. The van der Waals surface area contributed by atoms with Crippen molar-refractivity contribution in [3.05, 3.63) is 0 Å². The average molecular weight is 174 g/mol. The van der Waals surface area contributed by atoms with Crippen LogP contribution in [0, 0.1) is 11.3 Å². The SMILES string of the molecule is CCC(C)(C)C(CC(C)C)OO. The monoisotopic (exact) mass is 174 g/mol. The van der Waals surface area contributed by atoms with Crippen LogP contribution in [0.1, 0.15) is 47.5 Å². The van der Waals surface area contributed by atoms with Gasteiger partial charge in [-0.15, -0.1) is 0 Å². The molecule has 0 aliphatic carbocycles. The van der Waals surface area contributed by atoms with Crippen molar-refractivity contribution in [2.75, 3.05) is 0 Å². The van der Waals surface area contributed by atoms with E-state index < -0.39 is 0 Å². The second-order valence-electron chi connectivity index (χ2n) is 4.57. The Bertz CT molecular complexity index is 119. The van der Waals surface area contributed by atoms with Crippen LogP contribution in [0.5, 0.6) is 0 Å². The smallest absolute Gasteiger partial charge is 0.0980 e. The van der Waals surface area contributed by atoms with Gasteiger partial charge in [-0.25, -0.2) is 4.89 Å². The molecule has 0 saturated heterocycles. The normalized spacial score (nSPS) is 15.2. The molecule has 0 bridgehead atoms. The molecule has 0 rings (SSSR count). The zero-order valence-corrected chi connectivity index (χ0v) is 8.92. The summed E-state index contributed by atoms with van der Waals surface area (Å²) in [6, 6.07) is 0. The Morgan fingerprint density at radius 1 is 1.33 bits per heavy atom. The molecule has 12 heavy (non-hydrogen) atoms. The summed E-state index contributed by atoms with van der Waals surface area (Å²) in [5.41, 5.74) is 0.0685. The summed E-state index contributed by atoms with van der Waals surface area (Å²) in [7, 11) is 0. The molecular formula is C10H22O2. The molecule has 0 heterocycles. The van der Waals surface area contributed by atoms with Gasteiger partial charge in [0.05, 0.1) is 6.10 Å². The zero-order chi connectivity index (χ0) is 9.78. The van der Waals surface area contributed by atoms with Gasteiger partial charge in [-0.2, -0.15) is 0 Å². The fourth-order valence-electron chi connectivity index (χ4n) is 1.16. The quantitative estimate of drug-likeness (QED) is 0.511. The van der Waals surface area contributed by atoms with Crippen LogP contribution < -0.4 is 0 Å². The molecule has 2 heteroatoms. The summed E-state index contributed by atoms with van der Waals surface area (Å²) in [4.78, 5) is 4.52. The van der Waals surface area contributed by atoms with Gasteiger partial charge in [0, 0.05) is 0 Å². The Kier molecular flexibility index (Phi) is 4.80. The Morgan fingerprint density at radius 3 is 2.08 bits per heavy atom. The lowest BCUT2D eigenvalue weighted by molar-refractivity contribution is -0.304. The van der Waals surface area contributed by atoms with Crippen molar-refractivity contribution in [2.24, 2.45) is 11.3 Å². The van der Waals surface area contributed by atoms with E-state index in [0.717, 1.165) is 12.8 Å². The molecule has 0 saturated carbocycles. The molecule has 0 aromatic rings. The van der Waals surface area contributed by atoms with Crippen LogP contribution in [-0.4, -0.2) is 11.4 Å². The predicted octanol–water partition coefficient (Wildman–Crippen LogP) is 3.33. The van der Waals surface area contributed by atoms with E-state index in [1.807, 2.05) is 0 Å². The van der Waals surface area contributed by atoms with E-state index in [9.17, 15) is 0 Å². The molecule has 1 atom stereocenters. The molecule has 0 spiro atoms. The van der Waals surface area contributed by atoms with Crippen molar-refractivity contribution in [1.29, 1.82) is 0 Å². The number of hydrogen-bond donors (Lipinski definition) is 1. The first-order valence-electron chi connectivity index (χ1n) is 4.74. The minimum absolute atomic E-state index is 0.0394. The van der Waals surface area contributed by atoms with Crippen LogP contribution in [0.2, 0.25) is 0 Å². The van der Waals surface area contributed by atoms with Gasteiger partial charge in [-0.3, -0.25) is 5.26 Å². The highest BCUT2D eigenvalue weighted by Gasteiger charge is 2.29. The molecule has 0 radical (unpaired) electrons. The summed E-state index contributed by atoms with van der Waals surface area (Å²) in [6.07, 6.45) is 1.89. The van der Waals surface area contributed by atoms with Crippen LogP contribution in [0.15, 0.2) is 0 Å². The van der Waals surface area contributed by atoms with Crippen molar-refractivity contribution in [1.82, 2.24) is 0 Å². The van der Waals surface area contributed by atoms with Crippen molar-refractivity contribution in [2.45, 2.75) is 53.6 Å². The first kappa shape index (κ1) is 11.9. The first-order chi connectivity index (χ1) is 5.44. The van der Waals surface area contributed by atoms with E-state index >= 15 is 0 Å². The molecule has 0 aromatic carbocycles. The van der Waals surface area contributed by atoms with Gasteiger partial charge in [0.1, 0.15) is 0 Å². The highest BCUT2D eigenvalue weighted by molar-refractivity contribution is 4.77. The van der Waals surface area contributed by atoms with Gasteiger partial charge in [0.2, 0.25) is 0 Å². The molecule has 0 aliphatic rings. The Morgan fingerprint density at radius 2 is 1.83 bits per heavy atom. The minimum Gasteiger partial charge on any atom is -0.252 e.